The van der Waals surface area contributed by atoms with E-state index in [-0.39, 0.29) is 23.7 Å². The number of hydrogen-bond acceptors (Lipinski definition) is 2. The van der Waals surface area contributed by atoms with Crippen molar-refractivity contribution in [2.24, 2.45) is 35.5 Å². The zero-order valence-electron chi connectivity index (χ0n) is 11.9. The van der Waals surface area contributed by atoms with Gasteiger partial charge in [0.2, 0.25) is 11.8 Å². The predicted molar refractivity (Wildman–Crippen MR) is 74.2 cm³/mol. The molecule has 2 unspecified atom stereocenters. The van der Waals surface area contributed by atoms with Crippen molar-refractivity contribution < 1.29 is 9.59 Å². The third kappa shape index (κ3) is 2.04. The van der Waals surface area contributed by atoms with Gasteiger partial charge < -0.3 is 0 Å². The topological polar surface area (TPSA) is 58.2 Å². The third-order valence-electron chi connectivity index (χ3n) is 6.23. The average molecular weight is 276 g/mol. The molecule has 4 heteroatoms. The standard InChI is InChI=1S/C16H24N2O2/c19-15(13-9-5-1-2-6-10(9)13)17-18-16(20)14-11-7-3-4-8-12(11)14/h9-14H,1-8H2,(H,17,19)(H,18,20)/t9-,10+,11-,12+,13?,14?. The highest BCUT2D eigenvalue weighted by Crippen LogP contribution is 2.56. The minimum Gasteiger partial charge on any atom is -0.273 e. The number of fused-ring (bicyclic) bond motifs is 2. The maximum Gasteiger partial charge on any atom is 0.242 e. The van der Waals surface area contributed by atoms with Crippen molar-refractivity contribution >= 4 is 11.8 Å². The molecule has 4 rings (SSSR count). The highest BCUT2D eigenvalue weighted by molar-refractivity contribution is 5.87. The Morgan fingerprint density at radius 2 is 0.900 bits per heavy atom. The molecule has 0 heterocycles. The Balaban J connectivity index is 1.24. The molecule has 110 valence electrons. The van der Waals surface area contributed by atoms with Crippen molar-refractivity contribution in [3.8, 4) is 0 Å². The van der Waals surface area contributed by atoms with Gasteiger partial charge in [-0.05, 0) is 49.4 Å². The Bertz CT molecular complexity index is 372. The fourth-order valence-corrected chi connectivity index (χ4v) is 5.05. The first-order valence-electron chi connectivity index (χ1n) is 8.37. The van der Waals surface area contributed by atoms with Crippen molar-refractivity contribution in [2.45, 2.75) is 51.4 Å². The van der Waals surface area contributed by atoms with Crippen LogP contribution in [0.15, 0.2) is 0 Å². The summed E-state index contributed by atoms with van der Waals surface area (Å²) < 4.78 is 0. The molecule has 4 aliphatic carbocycles. The van der Waals surface area contributed by atoms with Crippen molar-refractivity contribution in [3.63, 3.8) is 0 Å². The van der Waals surface area contributed by atoms with Gasteiger partial charge in [0.15, 0.2) is 0 Å². The van der Waals surface area contributed by atoms with Gasteiger partial charge in [0.1, 0.15) is 0 Å². The number of carbonyl (C=O) groups is 2. The highest BCUT2D eigenvalue weighted by Gasteiger charge is 2.56. The van der Waals surface area contributed by atoms with Crippen LogP contribution in [0.3, 0.4) is 0 Å². The molecule has 4 nitrogen and oxygen atoms in total. The van der Waals surface area contributed by atoms with E-state index in [1.54, 1.807) is 0 Å². The van der Waals surface area contributed by atoms with Crippen LogP contribution >= 0.6 is 0 Å². The summed E-state index contributed by atoms with van der Waals surface area (Å²) >= 11 is 0. The van der Waals surface area contributed by atoms with E-state index < -0.39 is 0 Å². The molecule has 2 amide bonds. The van der Waals surface area contributed by atoms with Crippen LogP contribution < -0.4 is 10.9 Å². The zero-order chi connectivity index (χ0) is 13.7. The Hall–Kier alpha value is -1.06. The van der Waals surface area contributed by atoms with Crippen molar-refractivity contribution in [1.82, 2.24) is 10.9 Å². The number of hydrogen-bond donors (Lipinski definition) is 2. The van der Waals surface area contributed by atoms with Crippen LogP contribution in [0.1, 0.15) is 51.4 Å². The van der Waals surface area contributed by atoms with E-state index in [0.717, 1.165) is 0 Å². The van der Waals surface area contributed by atoms with Gasteiger partial charge in [0.25, 0.3) is 0 Å². The number of nitrogens with one attached hydrogen (secondary N) is 2. The Kier molecular flexibility index (Phi) is 3.00. The molecule has 0 aromatic carbocycles. The molecule has 0 bridgehead atoms. The second-order valence-corrected chi connectivity index (χ2v) is 7.25. The van der Waals surface area contributed by atoms with Crippen LogP contribution in [-0.2, 0) is 9.59 Å². The first kappa shape index (κ1) is 12.7. The lowest BCUT2D eigenvalue weighted by atomic mass is 10.0. The monoisotopic (exact) mass is 276 g/mol. The Morgan fingerprint density at radius 1 is 0.600 bits per heavy atom. The number of carbonyl (C=O) groups excluding carboxylic acids is 2. The number of hydrazine groups is 1. The fraction of sp³-hybridized carbons (Fsp3) is 0.875. The summed E-state index contributed by atoms with van der Waals surface area (Å²) in [6.45, 7) is 0. The third-order valence-corrected chi connectivity index (χ3v) is 6.23. The predicted octanol–water partition coefficient (Wildman–Crippen LogP) is 2.01. The van der Waals surface area contributed by atoms with E-state index >= 15 is 0 Å². The number of amides is 2. The Morgan fingerprint density at radius 3 is 1.20 bits per heavy atom. The molecule has 0 spiro atoms. The van der Waals surface area contributed by atoms with E-state index in [2.05, 4.69) is 10.9 Å². The summed E-state index contributed by atoms with van der Waals surface area (Å²) in [5.74, 6) is 2.87. The normalized spacial score (nSPS) is 44.8. The van der Waals surface area contributed by atoms with Gasteiger partial charge in [0, 0.05) is 11.8 Å². The van der Waals surface area contributed by atoms with Gasteiger partial charge in [-0.2, -0.15) is 0 Å². The summed E-state index contributed by atoms with van der Waals surface area (Å²) in [5.41, 5.74) is 5.39. The molecule has 2 N–H and O–H groups in total. The van der Waals surface area contributed by atoms with Crippen LogP contribution in [0.25, 0.3) is 0 Å². The first-order valence-corrected chi connectivity index (χ1v) is 8.37. The fourth-order valence-electron chi connectivity index (χ4n) is 5.05. The summed E-state index contributed by atoms with van der Waals surface area (Å²) in [6.07, 6.45) is 9.86. The molecular weight excluding hydrogens is 252 g/mol. The van der Waals surface area contributed by atoms with E-state index in [9.17, 15) is 9.59 Å². The van der Waals surface area contributed by atoms with Crippen molar-refractivity contribution in [2.75, 3.05) is 0 Å². The van der Waals surface area contributed by atoms with Crippen LogP contribution in [0, 0.1) is 35.5 Å². The van der Waals surface area contributed by atoms with E-state index in [1.165, 1.54) is 51.4 Å². The quantitative estimate of drug-likeness (QED) is 0.758. The molecule has 0 aromatic heterocycles. The average Bonchev–Trinajstić information content (AvgIpc) is 3.36. The van der Waals surface area contributed by atoms with E-state index in [4.69, 9.17) is 0 Å². The largest absolute Gasteiger partial charge is 0.273 e. The minimum absolute atomic E-state index is 0.0545. The van der Waals surface area contributed by atoms with E-state index in [0.29, 0.717) is 23.7 Å². The highest BCUT2D eigenvalue weighted by atomic mass is 16.2. The van der Waals surface area contributed by atoms with Crippen LogP contribution in [0.5, 0.6) is 0 Å². The molecule has 0 radical (unpaired) electrons. The summed E-state index contributed by atoms with van der Waals surface area (Å²) in [4.78, 5) is 24.2. The molecule has 0 aromatic rings. The second-order valence-electron chi connectivity index (χ2n) is 7.25. The summed E-state index contributed by atoms with van der Waals surface area (Å²) in [5, 5.41) is 0. The van der Waals surface area contributed by atoms with Gasteiger partial charge in [-0.15, -0.1) is 0 Å². The first-order chi connectivity index (χ1) is 9.77. The molecule has 6 atom stereocenters. The molecule has 0 saturated heterocycles. The van der Waals surface area contributed by atoms with Crippen LogP contribution in [-0.4, -0.2) is 11.8 Å². The molecule has 4 fully saturated rings. The molecule has 0 aliphatic heterocycles. The summed E-state index contributed by atoms with van der Waals surface area (Å²) in [6, 6.07) is 0. The molecule has 4 aliphatic rings. The van der Waals surface area contributed by atoms with Crippen molar-refractivity contribution in [1.29, 1.82) is 0 Å². The lowest BCUT2D eigenvalue weighted by molar-refractivity contribution is -0.130. The Labute approximate surface area is 120 Å². The van der Waals surface area contributed by atoms with Gasteiger partial charge in [-0.3, -0.25) is 20.4 Å². The lowest BCUT2D eigenvalue weighted by Gasteiger charge is -2.06. The second kappa shape index (κ2) is 4.74. The minimum atomic E-state index is 0.0545. The summed E-state index contributed by atoms with van der Waals surface area (Å²) in [7, 11) is 0. The van der Waals surface area contributed by atoms with Gasteiger partial charge in [-0.25, -0.2) is 0 Å². The SMILES string of the molecule is O=C(NNC(=O)C1[C@H]2CCCC[C@@H]12)C1[C@H]2CCCC[C@@H]12. The molecular formula is C16H24N2O2. The maximum atomic E-state index is 12.1. The van der Waals surface area contributed by atoms with Gasteiger partial charge in [0.05, 0.1) is 0 Å². The van der Waals surface area contributed by atoms with Crippen molar-refractivity contribution in [3.05, 3.63) is 0 Å². The van der Waals surface area contributed by atoms with E-state index in [1.807, 2.05) is 0 Å². The van der Waals surface area contributed by atoms with Crippen LogP contribution in [0.2, 0.25) is 0 Å². The molecule has 4 saturated carbocycles. The van der Waals surface area contributed by atoms with Gasteiger partial charge >= 0.3 is 0 Å². The van der Waals surface area contributed by atoms with Crippen LogP contribution in [0.4, 0.5) is 0 Å². The lowest BCUT2D eigenvalue weighted by Crippen LogP contribution is -2.44. The van der Waals surface area contributed by atoms with Gasteiger partial charge in [-0.1, -0.05) is 25.7 Å². The smallest absolute Gasteiger partial charge is 0.242 e. The zero-order valence-corrected chi connectivity index (χ0v) is 11.9. The molecule has 20 heavy (non-hydrogen) atoms. The number of rotatable bonds is 2. The maximum absolute atomic E-state index is 12.1.